The lowest BCUT2D eigenvalue weighted by molar-refractivity contribution is 0.384. The maximum absolute atomic E-state index is 4.75. The summed E-state index contributed by atoms with van der Waals surface area (Å²) < 4.78 is 1.94. The Bertz CT molecular complexity index is 591. The van der Waals surface area contributed by atoms with Gasteiger partial charge >= 0.3 is 0 Å². The van der Waals surface area contributed by atoms with Crippen LogP contribution < -0.4 is 4.90 Å². The number of hydrogen-bond donors (Lipinski definition) is 0. The zero-order valence-electron chi connectivity index (χ0n) is 11.2. The van der Waals surface area contributed by atoms with Crippen molar-refractivity contribution in [3.63, 3.8) is 0 Å². The Morgan fingerprint density at radius 2 is 2.11 bits per heavy atom. The Morgan fingerprint density at radius 3 is 2.74 bits per heavy atom. The van der Waals surface area contributed by atoms with Crippen molar-refractivity contribution in [2.24, 2.45) is 5.41 Å². The van der Waals surface area contributed by atoms with Crippen LogP contribution in [-0.4, -0.2) is 27.9 Å². The number of nitrogens with zero attached hydrogens (tertiary/aromatic N) is 4. The van der Waals surface area contributed by atoms with E-state index in [0.29, 0.717) is 5.41 Å². The van der Waals surface area contributed by atoms with Gasteiger partial charge in [0.25, 0.3) is 0 Å². The Balaban J connectivity index is 1.51. The van der Waals surface area contributed by atoms with Crippen molar-refractivity contribution < 1.29 is 0 Å². The quantitative estimate of drug-likeness (QED) is 0.842. The van der Waals surface area contributed by atoms with Gasteiger partial charge in [0.15, 0.2) is 0 Å². The molecule has 2 aliphatic rings. The Hall–Kier alpha value is -1.84. The molecule has 2 aromatic heterocycles. The number of aromatic nitrogens is 3. The molecule has 0 radical (unpaired) electrons. The van der Waals surface area contributed by atoms with E-state index in [-0.39, 0.29) is 0 Å². The minimum Gasteiger partial charge on any atom is -0.355 e. The fourth-order valence-corrected chi connectivity index (χ4v) is 2.91. The highest BCUT2D eigenvalue weighted by atomic mass is 15.3. The van der Waals surface area contributed by atoms with Gasteiger partial charge in [-0.05, 0) is 37.5 Å². The van der Waals surface area contributed by atoms with Crippen LogP contribution in [0.4, 0.5) is 5.82 Å². The minimum absolute atomic E-state index is 0.684. The van der Waals surface area contributed by atoms with Gasteiger partial charge < -0.3 is 4.90 Å². The van der Waals surface area contributed by atoms with Gasteiger partial charge in [-0.2, -0.15) is 5.10 Å². The summed E-state index contributed by atoms with van der Waals surface area (Å²) >= 11 is 0. The SMILES string of the molecule is Cc1nc(N2CC3(CC3)C2)ccc1Cn1cccn1. The molecule has 3 heterocycles. The molecule has 0 atom stereocenters. The molecule has 0 aromatic carbocycles. The van der Waals surface area contributed by atoms with Crippen molar-refractivity contribution in [2.75, 3.05) is 18.0 Å². The molecule has 1 aliphatic carbocycles. The van der Waals surface area contributed by atoms with E-state index >= 15 is 0 Å². The lowest BCUT2D eigenvalue weighted by Crippen LogP contribution is -2.48. The molecule has 0 amide bonds. The van der Waals surface area contributed by atoms with E-state index in [4.69, 9.17) is 4.98 Å². The predicted molar refractivity (Wildman–Crippen MR) is 74.2 cm³/mol. The second-order valence-electron chi connectivity index (χ2n) is 5.97. The van der Waals surface area contributed by atoms with Gasteiger partial charge in [-0.25, -0.2) is 4.98 Å². The van der Waals surface area contributed by atoms with Gasteiger partial charge in [0.05, 0.1) is 6.54 Å². The topological polar surface area (TPSA) is 34.0 Å². The molecule has 19 heavy (non-hydrogen) atoms. The summed E-state index contributed by atoms with van der Waals surface area (Å²) in [4.78, 5) is 7.15. The smallest absolute Gasteiger partial charge is 0.128 e. The fourth-order valence-electron chi connectivity index (χ4n) is 2.91. The standard InChI is InChI=1S/C15H18N4/c1-12-13(9-19-8-2-7-16-19)3-4-14(17-12)18-10-15(11-18)5-6-15/h2-4,7-8H,5-6,9-11H2,1H3. The zero-order valence-corrected chi connectivity index (χ0v) is 11.2. The first-order valence-electron chi connectivity index (χ1n) is 6.93. The van der Waals surface area contributed by atoms with Crippen molar-refractivity contribution in [3.8, 4) is 0 Å². The number of pyridine rings is 1. The lowest BCUT2D eigenvalue weighted by Gasteiger charge is -2.41. The molecule has 4 nitrogen and oxygen atoms in total. The van der Waals surface area contributed by atoms with Crippen molar-refractivity contribution in [3.05, 3.63) is 41.9 Å². The highest BCUT2D eigenvalue weighted by Crippen LogP contribution is 2.53. The van der Waals surface area contributed by atoms with Crippen LogP contribution >= 0.6 is 0 Å². The molecule has 1 aliphatic heterocycles. The fraction of sp³-hybridized carbons (Fsp3) is 0.467. The first-order chi connectivity index (χ1) is 9.24. The number of rotatable bonds is 3. The third kappa shape index (κ3) is 1.91. The van der Waals surface area contributed by atoms with E-state index < -0.39 is 0 Å². The van der Waals surface area contributed by atoms with Crippen LogP contribution in [0.25, 0.3) is 0 Å². The Kier molecular flexibility index (Phi) is 2.22. The second-order valence-corrected chi connectivity index (χ2v) is 5.97. The maximum Gasteiger partial charge on any atom is 0.128 e. The molecule has 98 valence electrons. The number of anilines is 1. The molecule has 2 fully saturated rings. The molecule has 1 saturated carbocycles. The summed E-state index contributed by atoms with van der Waals surface area (Å²) in [6, 6.07) is 6.30. The van der Waals surface area contributed by atoms with E-state index in [2.05, 4.69) is 29.1 Å². The monoisotopic (exact) mass is 254 g/mol. The third-order valence-corrected chi connectivity index (χ3v) is 4.41. The summed E-state index contributed by atoms with van der Waals surface area (Å²) in [6.07, 6.45) is 6.63. The van der Waals surface area contributed by atoms with Crippen molar-refractivity contribution in [1.29, 1.82) is 0 Å². The van der Waals surface area contributed by atoms with Gasteiger partial charge in [0.2, 0.25) is 0 Å². The summed E-state index contributed by atoms with van der Waals surface area (Å²) in [5.41, 5.74) is 3.04. The van der Waals surface area contributed by atoms with Gasteiger partial charge in [0.1, 0.15) is 5.82 Å². The van der Waals surface area contributed by atoms with Crippen LogP contribution in [0.15, 0.2) is 30.6 Å². The van der Waals surface area contributed by atoms with Crippen molar-refractivity contribution in [1.82, 2.24) is 14.8 Å². The molecule has 1 spiro atoms. The van der Waals surface area contributed by atoms with Gasteiger partial charge in [-0.3, -0.25) is 4.68 Å². The van der Waals surface area contributed by atoms with E-state index in [1.807, 2.05) is 23.1 Å². The van der Waals surface area contributed by atoms with E-state index in [1.54, 1.807) is 0 Å². The molecular formula is C15H18N4. The average Bonchev–Trinajstić information content (AvgIpc) is 3.01. The number of hydrogen-bond acceptors (Lipinski definition) is 3. The third-order valence-electron chi connectivity index (χ3n) is 4.41. The summed E-state index contributed by atoms with van der Waals surface area (Å²) in [6.45, 7) is 5.31. The largest absolute Gasteiger partial charge is 0.355 e. The average molecular weight is 254 g/mol. The van der Waals surface area contributed by atoms with Crippen LogP contribution in [0.2, 0.25) is 0 Å². The maximum atomic E-state index is 4.75. The Labute approximate surface area is 113 Å². The molecule has 1 saturated heterocycles. The minimum atomic E-state index is 0.684. The lowest BCUT2D eigenvalue weighted by atomic mass is 9.97. The van der Waals surface area contributed by atoms with Gasteiger partial charge in [0, 0.05) is 36.6 Å². The van der Waals surface area contributed by atoms with Crippen LogP contribution in [0.5, 0.6) is 0 Å². The Morgan fingerprint density at radius 1 is 1.26 bits per heavy atom. The summed E-state index contributed by atoms with van der Waals surface area (Å²) in [7, 11) is 0. The van der Waals surface area contributed by atoms with E-state index in [9.17, 15) is 0 Å². The van der Waals surface area contributed by atoms with E-state index in [0.717, 1.165) is 18.1 Å². The van der Waals surface area contributed by atoms with Gasteiger partial charge in [-0.15, -0.1) is 0 Å². The molecule has 2 aromatic rings. The normalized spacial score (nSPS) is 19.5. The first kappa shape index (κ1) is 11.0. The van der Waals surface area contributed by atoms with Crippen LogP contribution in [0.3, 0.4) is 0 Å². The summed E-state index contributed by atoms with van der Waals surface area (Å²) in [5.74, 6) is 1.14. The van der Waals surface area contributed by atoms with Crippen LogP contribution in [0.1, 0.15) is 24.1 Å². The molecule has 0 unspecified atom stereocenters. The zero-order chi connectivity index (χ0) is 12.9. The molecular weight excluding hydrogens is 236 g/mol. The second kappa shape index (κ2) is 3.83. The summed E-state index contributed by atoms with van der Waals surface area (Å²) in [5, 5.41) is 4.24. The van der Waals surface area contributed by atoms with Crippen molar-refractivity contribution in [2.45, 2.75) is 26.3 Å². The molecule has 0 N–H and O–H groups in total. The van der Waals surface area contributed by atoms with Crippen molar-refractivity contribution >= 4 is 5.82 Å². The van der Waals surface area contributed by atoms with Crippen LogP contribution in [-0.2, 0) is 6.54 Å². The van der Waals surface area contributed by atoms with Gasteiger partial charge in [-0.1, -0.05) is 6.07 Å². The first-order valence-corrected chi connectivity index (χ1v) is 6.93. The van der Waals surface area contributed by atoms with E-state index in [1.165, 1.54) is 31.5 Å². The predicted octanol–water partition coefficient (Wildman–Crippen LogP) is 2.24. The van der Waals surface area contributed by atoms with Crippen LogP contribution in [0, 0.1) is 12.3 Å². The molecule has 4 rings (SSSR count). The highest BCUT2D eigenvalue weighted by Gasteiger charge is 2.52. The molecule has 4 heteroatoms. The highest BCUT2D eigenvalue weighted by molar-refractivity contribution is 5.46. The number of aryl methyl sites for hydroxylation is 1. The molecule has 0 bridgehead atoms.